The third-order valence-electron chi connectivity index (χ3n) is 8.85. The van der Waals surface area contributed by atoms with E-state index in [1.807, 2.05) is 0 Å². The van der Waals surface area contributed by atoms with Crippen LogP contribution in [0.15, 0.2) is 0 Å². The second kappa shape index (κ2) is 19.4. The first kappa shape index (κ1) is 54.7. The van der Waals surface area contributed by atoms with Crippen LogP contribution >= 0.6 is 0 Å². The second-order valence-corrected chi connectivity index (χ2v) is 17.0. The van der Waals surface area contributed by atoms with Crippen molar-refractivity contribution in [3.63, 3.8) is 0 Å². The van der Waals surface area contributed by atoms with Crippen LogP contribution in [0.4, 0.5) is 52.7 Å². The number of alkyl halides is 12. The maximum absolute atomic E-state index is 12.8. The number of esters is 4. The smallest absolute Gasteiger partial charge is 0.405 e. The molecule has 56 heavy (non-hydrogen) atoms. The summed E-state index contributed by atoms with van der Waals surface area (Å²) in [6, 6.07) is 0. The maximum Gasteiger partial charge on any atom is 1.00 e. The number of halogens is 12. The van der Waals surface area contributed by atoms with Gasteiger partial charge in [-0.05, 0) is 31.1 Å². The summed E-state index contributed by atoms with van der Waals surface area (Å²) in [6.45, 7) is 0. The Morgan fingerprint density at radius 1 is 0.482 bits per heavy atom. The van der Waals surface area contributed by atoms with Crippen molar-refractivity contribution in [3.05, 3.63) is 0 Å². The Morgan fingerprint density at radius 3 is 1.00 bits per heavy atom. The molecule has 29 heteroatoms. The molecule has 2 saturated carbocycles. The molecule has 0 amide bonds. The molecular weight excluding hydrogens is 878 g/mol. The molecule has 4 fully saturated rings. The first-order chi connectivity index (χ1) is 23.9. The predicted molar refractivity (Wildman–Crippen MR) is 147 cm³/mol. The molecule has 0 aromatic carbocycles. The van der Waals surface area contributed by atoms with Crippen LogP contribution in [-0.4, -0.2) is 99.0 Å². The Labute approximate surface area is 345 Å². The van der Waals surface area contributed by atoms with Crippen LogP contribution in [0.2, 0.25) is 0 Å². The van der Waals surface area contributed by atoms with Crippen molar-refractivity contribution in [1.29, 1.82) is 0 Å². The van der Waals surface area contributed by atoms with E-state index in [-0.39, 0.29) is 79.5 Å². The molecule has 12 nitrogen and oxygen atoms in total. The monoisotopic (exact) mass is 908 g/mol. The summed E-state index contributed by atoms with van der Waals surface area (Å²) < 4.78 is 215. The number of sulfone groups is 2. The first-order valence-electron chi connectivity index (χ1n) is 15.5. The molecule has 0 bridgehead atoms. The van der Waals surface area contributed by atoms with E-state index < -0.39 is 102 Å². The Kier molecular flexibility index (Phi) is 18.9. The zero-order chi connectivity index (χ0) is 40.6. The molecule has 0 spiro atoms. The van der Waals surface area contributed by atoms with Gasteiger partial charge in [-0.3, -0.25) is 0 Å². The molecule has 4 rings (SSSR count). The van der Waals surface area contributed by atoms with Crippen LogP contribution in [0.1, 0.15) is 70.6 Å². The minimum Gasteiger partial charge on any atom is -0.405 e. The minimum atomic E-state index is -6.34. The SMILES string of the molecule is O=C1OC(C(F)(F)F)(C(F)(F)F)OC(=O)C1S(=O)(=O)CCC1CCCC1.O=C1OC(C(F)(F)F)(C(F)(F)F)OC(=O)C1S(=O)(=O)CCCC1CCCC1.[Fe].[Li+].[Li+]. The van der Waals surface area contributed by atoms with Gasteiger partial charge in [-0.1, -0.05) is 51.4 Å². The average molecular weight is 908 g/mol. The third kappa shape index (κ3) is 11.7. The van der Waals surface area contributed by atoms with E-state index in [1.165, 1.54) is 0 Å². The summed E-state index contributed by atoms with van der Waals surface area (Å²) in [5.41, 5.74) is 0. The molecule has 0 unspecified atom stereocenters. The van der Waals surface area contributed by atoms with Gasteiger partial charge in [0.15, 0.2) is 19.7 Å². The van der Waals surface area contributed by atoms with Crippen LogP contribution in [0.5, 0.6) is 0 Å². The summed E-state index contributed by atoms with van der Waals surface area (Å²) in [4.78, 5) is 46.7. The maximum atomic E-state index is 12.8. The van der Waals surface area contributed by atoms with E-state index in [0.717, 1.165) is 38.5 Å². The summed E-state index contributed by atoms with van der Waals surface area (Å²) in [5.74, 6) is -22.1. The first-order valence-corrected chi connectivity index (χ1v) is 19.0. The number of hydrogen-bond acceptors (Lipinski definition) is 12. The number of rotatable bonds is 9. The summed E-state index contributed by atoms with van der Waals surface area (Å²) in [6.07, 6.45) is -18.0. The van der Waals surface area contributed by atoms with Gasteiger partial charge in [0.05, 0.1) is 11.5 Å². The fraction of sp³-hybridized carbons (Fsp3) is 0.852. The summed E-state index contributed by atoms with van der Waals surface area (Å²) in [5, 5.41) is -5.75. The molecule has 2 saturated heterocycles. The zero-order valence-corrected chi connectivity index (χ0v) is 31.8. The van der Waals surface area contributed by atoms with Gasteiger partial charge in [0.2, 0.25) is 0 Å². The van der Waals surface area contributed by atoms with Crippen molar-refractivity contribution in [2.75, 3.05) is 11.5 Å². The van der Waals surface area contributed by atoms with Crippen molar-refractivity contribution in [2.24, 2.45) is 11.8 Å². The zero-order valence-electron chi connectivity index (χ0n) is 29.1. The van der Waals surface area contributed by atoms with E-state index in [9.17, 15) is 88.7 Å². The molecule has 0 aromatic heterocycles. The number of carbonyl (C=O) groups excluding carboxylic acids is 4. The van der Waals surface area contributed by atoms with Gasteiger partial charge in [-0.2, -0.15) is 52.7 Å². The van der Waals surface area contributed by atoms with Crippen LogP contribution < -0.4 is 37.7 Å². The Bertz CT molecular complexity index is 1560. The molecule has 0 radical (unpaired) electrons. The van der Waals surface area contributed by atoms with Crippen LogP contribution in [0, 0.1) is 11.8 Å². The molecule has 2 heterocycles. The fourth-order valence-electron chi connectivity index (χ4n) is 6.12. The normalized spacial score (nSPS) is 21.6. The number of cyclic esters (lactones) is 4. The summed E-state index contributed by atoms with van der Waals surface area (Å²) >= 11 is 0. The van der Waals surface area contributed by atoms with Crippen LogP contribution in [0.3, 0.4) is 0 Å². The molecular formula is C27H30F12FeLi2O12S2+2. The van der Waals surface area contributed by atoms with Gasteiger partial charge < -0.3 is 18.9 Å². The Balaban J connectivity index is 0.00000103. The molecule has 0 atom stereocenters. The molecule has 0 N–H and O–H groups in total. The molecule has 0 aromatic rings. The standard InChI is InChI=1S/C14H16F6O6S.C13H14F6O6S.Fe.2Li/c15-13(16,17)12(14(18,19)20)25-10(21)9(11(22)26-12)27(23,24)7-3-6-8-4-1-2-5-8;14-12(15,16)11(13(17,18)19)24-9(20)8(10(21)25-11)26(22,23)6-5-7-3-1-2-4-7;;;/h8-9H,1-7H2;7-8H,1-6H2;;;/q;;;2*+1. The fourth-order valence-corrected chi connectivity index (χ4v) is 9.19. The topological polar surface area (TPSA) is 173 Å². The minimum absolute atomic E-state index is 0. The van der Waals surface area contributed by atoms with Crippen molar-refractivity contribution in [1.82, 2.24) is 0 Å². The van der Waals surface area contributed by atoms with Crippen molar-refractivity contribution >= 4 is 43.6 Å². The van der Waals surface area contributed by atoms with E-state index in [1.54, 1.807) is 0 Å². The quantitative estimate of drug-likeness (QED) is 0.119. The average Bonchev–Trinajstić information content (AvgIpc) is 3.68. The Morgan fingerprint density at radius 2 is 0.732 bits per heavy atom. The molecule has 314 valence electrons. The van der Waals surface area contributed by atoms with Gasteiger partial charge in [-0.25, -0.2) is 36.0 Å². The van der Waals surface area contributed by atoms with E-state index in [0.29, 0.717) is 19.3 Å². The third-order valence-corrected chi connectivity index (χ3v) is 12.7. The van der Waals surface area contributed by atoms with Crippen LogP contribution in [0.25, 0.3) is 0 Å². The van der Waals surface area contributed by atoms with Gasteiger partial charge in [-0.15, -0.1) is 0 Å². The van der Waals surface area contributed by atoms with Gasteiger partial charge in [0, 0.05) is 17.1 Å². The second-order valence-electron chi connectivity index (χ2n) is 12.6. The van der Waals surface area contributed by atoms with E-state index in [4.69, 9.17) is 0 Å². The van der Waals surface area contributed by atoms with E-state index in [2.05, 4.69) is 18.9 Å². The Hall–Kier alpha value is -1.35. The van der Waals surface area contributed by atoms with Crippen molar-refractivity contribution in [3.8, 4) is 0 Å². The predicted octanol–water partition coefficient (Wildman–Crippen LogP) is -1.06. The molecule has 2 aliphatic carbocycles. The number of carbonyl (C=O) groups is 4. The van der Waals surface area contributed by atoms with Gasteiger partial charge in [0.25, 0.3) is 10.5 Å². The largest absolute Gasteiger partial charge is 1.00 e. The number of hydrogen-bond donors (Lipinski definition) is 0. The number of ether oxygens (including phenoxy) is 4. The van der Waals surface area contributed by atoms with Gasteiger partial charge >= 0.3 is 97.9 Å². The molecule has 2 aliphatic heterocycles. The molecule has 4 aliphatic rings. The van der Waals surface area contributed by atoms with Gasteiger partial charge in [0.1, 0.15) is 0 Å². The van der Waals surface area contributed by atoms with Crippen molar-refractivity contribution in [2.45, 2.75) is 117 Å². The van der Waals surface area contributed by atoms with Crippen LogP contribution in [-0.2, 0) is 74.9 Å². The van der Waals surface area contributed by atoms with E-state index >= 15 is 0 Å². The summed E-state index contributed by atoms with van der Waals surface area (Å²) in [7, 11) is -9.39. The van der Waals surface area contributed by atoms with Crippen molar-refractivity contribution < 1.29 is 162 Å².